The summed E-state index contributed by atoms with van der Waals surface area (Å²) in [4.78, 5) is 23.6. The number of hydrogen-bond donors (Lipinski definition) is 3. The van der Waals surface area contributed by atoms with Crippen LogP contribution in [0, 0.1) is 0 Å². The van der Waals surface area contributed by atoms with Gasteiger partial charge in [0.2, 0.25) is 0 Å². The van der Waals surface area contributed by atoms with E-state index < -0.39 is 11.9 Å². The number of aromatic hydroxyl groups is 1. The molecule has 0 bridgehead atoms. The minimum absolute atomic E-state index is 0.00852. The van der Waals surface area contributed by atoms with Crippen molar-refractivity contribution in [3.05, 3.63) is 107 Å². The zero-order valence-electron chi connectivity index (χ0n) is 21.8. The molecule has 0 fully saturated rings. The van der Waals surface area contributed by atoms with E-state index in [1.807, 2.05) is 54.6 Å². The molecule has 3 N–H and O–H groups in total. The maximum Gasteiger partial charge on any atom is 0.335 e. The Morgan fingerprint density at radius 3 is 2.11 bits per heavy atom. The highest BCUT2D eigenvalue weighted by Crippen LogP contribution is 2.34. The molecule has 4 rings (SSSR count). The molecule has 0 aliphatic carbocycles. The van der Waals surface area contributed by atoms with E-state index in [-0.39, 0.29) is 28.0 Å². The fourth-order valence-electron chi connectivity index (χ4n) is 4.00. The second kappa shape index (κ2) is 10.7. The summed E-state index contributed by atoms with van der Waals surface area (Å²) in [5.41, 5.74) is 6.89. The van der Waals surface area contributed by atoms with Crippen LogP contribution in [0.4, 0.5) is 0 Å². The van der Waals surface area contributed by atoms with E-state index in [0.29, 0.717) is 18.0 Å². The fourth-order valence-corrected chi connectivity index (χ4v) is 4.00. The predicted molar refractivity (Wildman–Crippen MR) is 147 cm³/mol. The van der Waals surface area contributed by atoms with Crippen LogP contribution in [0.2, 0.25) is 0 Å². The van der Waals surface area contributed by atoms with Crippen LogP contribution in [-0.2, 0) is 12.0 Å². The van der Waals surface area contributed by atoms with Crippen molar-refractivity contribution < 1.29 is 19.8 Å². The quantitative estimate of drug-likeness (QED) is 0.226. The Morgan fingerprint density at radius 1 is 0.921 bits per heavy atom. The second-order valence-electron chi connectivity index (χ2n) is 10.0. The van der Waals surface area contributed by atoms with Crippen LogP contribution >= 0.6 is 0 Å². The fraction of sp³-hybridized carbons (Fsp3) is 0.200. The van der Waals surface area contributed by atoms with E-state index in [1.54, 1.807) is 11.6 Å². The van der Waals surface area contributed by atoms with E-state index in [0.717, 1.165) is 11.1 Å². The first-order valence-electron chi connectivity index (χ1n) is 12.2. The maximum atomic E-state index is 12.5. The summed E-state index contributed by atoms with van der Waals surface area (Å²) in [6, 6.07) is 23.4. The van der Waals surface area contributed by atoms with Crippen molar-refractivity contribution in [2.24, 2.45) is 5.10 Å². The zero-order chi connectivity index (χ0) is 27.4. The summed E-state index contributed by atoms with van der Waals surface area (Å²) >= 11 is 0. The van der Waals surface area contributed by atoms with Gasteiger partial charge in [0.25, 0.3) is 5.91 Å². The van der Waals surface area contributed by atoms with Gasteiger partial charge in [-0.3, -0.25) is 9.48 Å². The Kier molecular flexibility index (Phi) is 7.43. The Balaban J connectivity index is 1.66. The molecule has 0 radical (unpaired) electrons. The molecule has 8 heteroatoms. The predicted octanol–water partition coefficient (Wildman–Crippen LogP) is 5.45. The molecule has 38 heavy (non-hydrogen) atoms. The number of aromatic nitrogens is 2. The molecule has 1 heterocycles. The van der Waals surface area contributed by atoms with Crippen LogP contribution < -0.4 is 5.43 Å². The number of hydrazone groups is 1. The Hall–Kier alpha value is -4.72. The van der Waals surface area contributed by atoms with Gasteiger partial charge in [-0.05, 0) is 47.7 Å². The molecule has 4 aromatic rings. The molecular weight excluding hydrogens is 480 g/mol. The van der Waals surface area contributed by atoms with Gasteiger partial charge in [0.05, 0.1) is 17.8 Å². The third kappa shape index (κ3) is 5.81. The van der Waals surface area contributed by atoms with Gasteiger partial charge >= 0.3 is 5.97 Å². The molecule has 0 unspecified atom stereocenters. The van der Waals surface area contributed by atoms with Crippen molar-refractivity contribution in [1.82, 2.24) is 15.2 Å². The third-order valence-corrected chi connectivity index (χ3v) is 6.19. The average molecular weight is 511 g/mol. The number of rotatable bonds is 7. The van der Waals surface area contributed by atoms with E-state index >= 15 is 0 Å². The molecule has 0 saturated carbocycles. The highest BCUT2D eigenvalue weighted by molar-refractivity contribution is 6.02. The van der Waals surface area contributed by atoms with E-state index in [4.69, 9.17) is 5.11 Å². The summed E-state index contributed by atoms with van der Waals surface area (Å²) in [5.74, 6) is -1.62. The first-order valence-corrected chi connectivity index (χ1v) is 12.2. The molecule has 194 valence electrons. The van der Waals surface area contributed by atoms with Crippen LogP contribution in [0.25, 0.3) is 11.3 Å². The lowest BCUT2D eigenvalue weighted by atomic mass is 9.86. The Bertz CT molecular complexity index is 1480. The second-order valence-corrected chi connectivity index (χ2v) is 10.0. The largest absolute Gasteiger partial charge is 0.504 e. The first-order chi connectivity index (χ1) is 18.0. The molecule has 0 atom stereocenters. The van der Waals surface area contributed by atoms with Crippen molar-refractivity contribution in [3.63, 3.8) is 0 Å². The molecule has 0 aliphatic rings. The monoisotopic (exact) mass is 510 g/mol. The summed E-state index contributed by atoms with van der Waals surface area (Å²) in [5, 5.41) is 29.1. The number of carboxylic acids is 1. The average Bonchev–Trinajstić information content (AvgIpc) is 3.22. The van der Waals surface area contributed by atoms with Gasteiger partial charge in [0, 0.05) is 11.1 Å². The van der Waals surface area contributed by atoms with Crippen molar-refractivity contribution in [3.8, 4) is 17.0 Å². The van der Waals surface area contributed by atoms with Gasteiger partial charge in [-0.1, -0.05) is 75.4 Å². The molecule has 0 aliphatic heterocycles. The van der Waals surface area contributed by atoms with Gasteiger partial charge in [0.15, 0.2) is 11.4 Å². The first kappa shape index (κ1) is 26.3. The number of amides is 1. The highest BCUT2D eigenvalue weighted by atomic mass is 16.4. The topological polar surface area (TPSA) is 117 Å². The van der Waals surface area contributed by atoms with Gasteiger partial charge in [-0.25, -0.2) is 10.2 Å². The van der Waals surface area contributed by atoms with Crippen molar-refractivity contribution in [2.45, 2.75) is 39.7 Å². The number of nitrogens with zero attached hydrogens (tertiary/aromatic N) is 3. The third-order valence-electron chi connectivity index (χ3n) is 6.19. The van der Waals surface area contributed by atoms with Crippen molar-refractivity contribution in [2.75, 3.05) is 0 Å². The van der Waals surface area contributed by atoms with Crippen LogP contribution in [-0.4, -0.2) is 37.6 Å². The molecule has 1 amide bonds. The van der Waals surface area contributed by atoms with Crippen LogP contribution in [0.1, 0.15) is 65.2 Å². The van der Waals surface area contributed by atoms with Crippen LogP contribution in [0.3, 0.4) is 0 Å². The van der Waals surface area contributed by atoms with E-state index in [2.05, 4.69) is 36.4 Å². The number of carbonyl (C=O) groups is 2. The summed E-state index contributed by atoms with van der Waals surface area (Å²) in [6.07, 6.45) is 0. The number of benzene rings is 3. The molecule has 8 nitrogen and oxygen atoms in total. The smallest absolute Gasteiger partial charge is 0.335 e. The van der Waals surface area contributed by atoms with Crippen molar-refractivity contribution >= 4 is 17.6 Å². The zero-order valence-corrected chi connectivity index (χ0v) is 21.8. The number of carboxylic acid groups (broad SMARTS) is 1. The standard InChI is InChI=1S/C30H30N4O4/c1-19(31-32-28(36)22-10-12-23(13-11-22)29(37)38)25-27(35)26(21-14-16-24(17-15-21)30(2,3)4)34(33-25)18-20-8-6-5-7-9-20/h5-17,35H,18H2,1-4H3,(H,32,36)(H,37,38)/b31-19+. The van der Waals surface area contributed by atoms with Gasteiger partial charge in [0.1, 0.15) is 5.69 Å². The van der Waals surface area contributed by atoms with Crippen molar-refractivity contribution in [1.29, 1.82) is 0 Å². The van der Waals surface area contributed by atoms with Gasteiger partial charge in [-0.15, -0.1) is 0 Å². The summed E-state index contributed by atoms with van der Waals surface area (Å²) < 4.78 is 1.73. The maximum absolute atomic E-state index is 12.5. The number of carbonyl (C=O) groups excluding carboxylic acids is 1. The summed E-state index contributed by atoms with van der Waals surface area (Å²) in [6.45, 7) is 8.51. The lowest BCUT2D eigenvalue weighted by molar-refractivity contribution is 0.0696. The number of hydrogen-bond acceptors (Lipinski definition) is 5. The van der Waals surface area contributed by atoms with E-state index in [9.17, 15) is 14.7 Å². The molecule has 1 aromatic heterocycles. The number of aromatic carboxylic acids is 1. The van der Waals surface area contributed by atoms with Gasteiger partial charge in [-0.2, -0.15) is 10.2 Å². The molecule has 0 saturated heterocycles. The van der Waals surface area contributed by atoms with Crippen LogP contribution in [0.15, 0.2) is 84.0 Å². The van der Waals surface area contributed by atoms with Gasteiger partial charge < -0.3 is 10.2 Å². The minimum atomic E-state index is -1.07. The highest BCUT2D eigenvalue weighted by Gasteiger charge is 2.22. The Morgan fingerprint density at radius 2 is 1.53 bits per heavy atom. The lowest BCUT2D eigenvalue weighted by Gasteiger charge is -2.19. The molecular formula is C30H30N4O4. The number of nitrogens with one attached hydrogen (secondary N) is 1. The van der Waals surface area contributed by atoms with E-state index in [1.165, 1.54) is 29.8 Å². The molecule has 3 aromatic carbocycles. The minimum Gasteiger partial charge on any atom is -0.504 e. The normalized spacial score (nSPS) is 11.8. The SMILES string of the molecule is C/C(=N\NC(=O)c1ccc(C(=O)O)cc1)c1nn(Cc2ccccc2)c(-c2ccc(C(C)(C)C)cc2)c1O. The Labute approximate surface area is 221 Å². The van der Waals surface area contributed by atoms with Crippen LogP contribution in [0.5, 0.6) is 5.75 Å². The lowest BCUT2D eigenvalue weighted by Crippen LogP contribution is -2.19. The summed E-state index contributed by atoms with van der Waals surface area (Å²) in [7, 11) is 0. The molecule has 0 spiro atoms.